The maximum absolute atomic E-state index is 13.5. The van der Waals surface area contributed by atoms with Gasteiger partial charge in [-0.1, -0.05) is 30.3 Å². The number of piperidine rings is 1. The van der Waals surface area contributed by atoms with Gasteiger partial charge < -0.3 is 14.7 Å². The number of carbonyl (C=O) groups excluding carboxylic acids is 3. The first-order valence-electron chi connectivity index (χ1n) is 13.4. The highest BCUT2D eigenvalue weighted by molar-refractivity contribution is 7.99. The number of esters is 1. The van der Waals surface area contributed by atoms with Gasteiger partial charge in [-0.2, -0.15) is 0 Å². The van der Waals surface area contributed by atoms with E-state index in [1.165, 1.54) is 16.7 Å². The molecule has 2 aromatic rings. The first-order valence-corrected chi connectivity index (χ1v) is 14.4. The molecule has 0 aliphatic carbocycles. The molecule has 11 heteroatoms. The number of hydrogen-bond donors (Lipinski definition) is 2. The fourth-order valence-electron chi connectivity index (χ4n) is 5.12. The molecular formula is C29H36ClN3O6S. The fraction of sp³-hybridized carbons (Fsp3) is 0.448. The Bertz CT molecular complexity index is 1180. The summed E-state index contributed by atoms with van der Waals surface area (Å²) in [4.78, 5) is 54.7. The van der Waals surface area contributed by atoms with E-state index < -0.39 is 30.6 Å². The minimum Gasteiger partial charge on any atom is -0.480 e. The predicted molar refractivity (Wildman–Crippen MR) is 156 cm³/mol. The smallest absolute Gasteiger partial charge is 0.323 e. The molecule has 2 heterocycles. The largest absolute Gasteiger partial charge is 0.480 e. The number of ether oxygens (including phenoxy) is 1. The van der Waals surface area contributed by atoms with Crippen LogP contribution in [-0.2, 0) is 19.1 Å². The number of thioether (sulfide) groups is 1. The highest BCUT2D eigenvalue weighted by Crippen LogP contribution is 2.34. The average Bonchev–Trinajstić information content (AvgIpc) is 3.07. The van der Waals surface area contributed by atoms with Crippen molar-refractivity contribution >= 4 is 53.6 Å². The van der Waals surface area contributed by atoms with Crippen molar-refractivity contribution in [2.24, 2.45) is 5.92 Å². The predicted octanol–water partition coefficient (Wildman–Crippen LogP) is 3.85. The number of amides is 2. The summed E-state index contributed by atoms with van der Waals surface area (Å²) in [5.74, 6) is -1.16. The molecular weight excluding hydrogens is 554 g/mol. The number of nitrogens with zero attached hydrogens (tertiary/aromatic N) is 2. The third-order valence-electron chi connectivity index (χ3n) is 7.18. The van der Waals surface area contributed by atoms with Gasteiger partial charge >= 0.3 is 11.9 Å². The second-order valence-electron chi connectivity index (χ2n) is 9.80. The van der Waals surface area contributed by atoms with Crippen LogP contribution < -0.4 is 10.2 Å². The molecule has 0 radical (unpaired) electrons. The molecule has 1 unspecified atom stereocenters. The monoisotopic (exact) mass is 589 g/mol. The zero-order valence-corrected chi connectivity index (χ0v) is 24.1. The van der Waals surface area contributed by atoms with Gasteiger partial charge in [0.25, 0.3) is 5.91 Å². The van der Waals surface area contributed by atoms with Gasteiger partial charge in [-0.05, 0) is 62.8 Å². The first kappa shape index (κ1) is 31.4. The van der Waals surface area contributed by atoms with Gasteiger partial charge in [-0.25, -0.2) is 0 Å². The van der Waals surface area contributed by atoms with Gasteiger partial charge in [0, 0.05) is 29.3 Å². The van der Waals surface area contributed by atoms with Crippen molar-refractivity contribution in [3.63, 3.8) is 0 Å². The molecule has 1 fully saturated rings. The molecule has 9 nitrogen and oxygen atoms in total. The molecule has 40 heavy (non-hydrogen) atoms. The van der Waals surface area contributed by atoms with Crippen LogP contribution in [0, 0.1) is 5.92 Å². The number of nitrogens with one attached hydrogen (secondary N) is 1. The number of anilines is 1. The zero-order valence-electron chi connectivity index (χ0n) is 22.5. The lowest BCUT2D eigenvalue weighted by molar-refractivity contribution is -0.146. The lowest BCUT2D eigenvalue weighted by atomic mass is 9.90. The maximum atomic E-state index is 13.5. The summed E-state index contributed by atoms with van der Waals surface area (Å²) in [6, 6.07) is 15.0. The number of para-hydroxylation sites is 1. The van der Waals surface area contributed by atoms with Gasteiger partial charge in [0.15, 0.2) is 0 Å². The summed E-state index contributed by atoms with van der Waals surface area (Å²) in [6.07, 6.45) is 2.91. The average molecular weight is 590 g/mol. The van der Waals surface area contributed by atoms with Crippen molar-refractivity contribution in [1.29, 1.82) is 0 Å². The molecule has 0 aromatic heterocycles. The first-order chi connectivity index (χ1) is 18.9. The number of carboxylic acids is 1. The number of hydrogen-bond acceptors (Lipinski definition) is 7. The molecule has 2 aliphatic rings. The second-order valence-corrected chi connectivity index (χ2v) is 10.9. The van der Waals surface area contributed by atoms with E-state index in [0.717, 1.165) is 24.2 Å². The minimum absolute atomic E-state index is 0. The molecule has 2 atom stereocenters. The van der Waals surface area contributed by atoms with E-state index in [9.17, 15) is 24.3 Å². The number of benzene rings is 2. The Labute approximate surface area is 245 Å². The van der Waals surface area contributed by atoms with E-state index in [2.05, 4.69) is 5.32 Å². The molecule has 4 rings (SSSR count). The number of aliphatic carboxylic acids is 1. The molecule has 0 saturated carbocycles. The summed E-state index contributed by atoms with van der Waals surface area (Å²) in [7, 11) is 0. The molecule has 1 saturated heterocycles. The van der Waals surface area contributed by atoms with Crippen molar-refractivity contribution in [1.82, 2.24) is 10.2 Å². The molecule has 2 aromatic carbocycles. The standard InChI is InChI=1S/C29H35N3O6S.ClH/c1-2-38-29(37)22(13-12-20-14-16-31(17-15-20)27(35)21-8-4-3-5-9-21)30-23-19-39-25-11-7-6-10-24(25)32(28(23)36)18-26(33)34;/h3-11,20,22-23,30H,2,12-19H2,1H3,(H,33,34);1H/t22-,23?;/m1./s1. The fourth-order valence-corrected chi connectivity index (χ4v) is 6.20. The third-order valence-corrected chi connectivity index (χ3v) is 8.33. The van der Waals surface area contributed by atoms with Crippen LogP contribution in [0.1, 0.15) is 43.0 Å². The van der Waals surface area contributed by atoms with Crippen molar-refractivity contribution in [3.05, 3.63) is 60.2 Å². The summed E-state index contributed by atoms with van der Waals surface area (Å²) in [5, 5.41) is 12.7. The van der Waals surface area contributed by atoms with Crippen LogP contribution in [0.25, 0.3) is 0 Å². The van der Waals surface area contributed by atoms with Gasteiger partial charge in [0.2, 0.25) is 5.91 Å². The van der Waals surface area contributed by atoms with E-state index in [1.807, 2.05) is 47.4 Å². The SMILES string of the molecule is CCOC(=O)[C@@H](CCC1CCN(C(=O)c2ccccc2)CC1)NC1CSc2ccccc2N(CC(=O)O)C1=O.Cl. The van der Waals surface area contributed by atoms with Crippen LogP contribution >= 0.6 is 24.2 Å². The van der Waals surface area contributed by atoms with Crippen LogP contribution in [0.5, 0.6) is 0 Å². The van der Waals surface area contributed by atoms with E-state index in [1.54, 1.807) is 19.1 Å². The summed E-state index contributed by atoms with van der Waals surface area (Å²) in [6.45, 7) is 2.83. The van der Waals surface area contributed by atoms with Crippen molar-refractivity contribution in [2.75, 3.05) is 36.9 Å². The highest BCUT2D eigenvalue weighted by Gasteiger charge is 2.35. The summed E-state index contributed by atoms with van der Waals surface area (Å²) >= 11 is 1.46. The summed E-state index contributed by atoms with van der Waals surface area (Å²) in [5.41, 5.74) is 1.25. The summed E-state index contributed by atoms with van der Waals surface area (Å²) < 4.78 is 5.32. The van der Waals surface area contributed by atoms with E-state index >= 15 is 0 Å². The molecule has 0 bridgehead atoms. The Balaban J connectivity index is 0.00000441. The van der Waals surface area contributed by atoms with E-state index in [-0.39, 0.29) is 30.8 Å². The Morgan fingerprint density at radius 3 is 2.42 bits per heavy atom. The molecule has 216 valence electrons. The van der Waals surface area contributed by atoms with E-state index in [0.29, 0.717) is 42.4 Å². The normalized spacial score (nSPS) is 18.2. The number of halogens is 1. The molecule has 2 amide bonds. The van der Waals surface area contributed by atoms with E-state index in [4.69, 9.17) is 4.74 Å². The minimum atomic E-state index is -1.11. The number of likely N-dealkylation sites (tertiary alicyclic amines) is 1. The molecule has 0 spiro atoms. The van der Waals surface area contributed by atoms with Crippen LogP contribution in [0.4, 0.5) is 5.69 Å². The zero-order chi connectivity index (χ0) is 27.8. The van der Waals surface area contributed by atoms with Crippen molar-refractivity contribution in [2.45, 2.75) is 49.6 Å². The van der Waals surface area contributed by atoms with Crippen LogP contribution in [-0.4, -0.2) is 77.8 Å². The Morgan fingerprint density at radius 1 is 1.07 bits per heavy atom. The van der Waals surface area contributed by atoms with Crippen LogP contribution in [0.3, 0.4) is 0 Å². The van der Waals surface area contributed by atoms with Gasteiger partial charge in [-0.15, -0.1) is 24.2 Å². The van der Waals surface area contributed by atoms with Gasteiger partial charge in [0.1, 0.15) is 12.6 Å². The highest BCUT2D eigenvalue weighted by atomic mass is 35.5. The number of carbonyl (C=O) groups is 4. The van der Waals surface area contributed by atoms with Crippen LogP contribution in [0.15, 0.2) is 59.5 Å². The molecule has 2 aliphatic heterocycles. The van der Waals surface area contributed by atoms with Gasteiger partial charge in [-0.3, -0.25) is 29.4 Å². The lowest BCUT2D eigenvalue weighted by Crippen LogP contribution is -2.54. The topological polar surface area (TPSA) is 116 Å². The number of rotatable bonds is 10. The maximum Gasteiger partial charge on any atom is 0.323 e. The number of fused-ring (bicyclic) bond motifs is 1. The van der Waals surface area contributed by atoms with Crippen molar-refractivity contribution < 1.29 is 29.0 Å². The number of carboxylic acid groups (broad SMARTS) is 1. The quantitative estimate of drug-likeness (QED) is 0.402. The Kier molecular flexibility index (Phi) is 11.8. The molecule has 2 N–H and O–H groups in total. The van der Waals surface area contributed by atoms with Crippen molar-refractivity contribution in [3.8, 4) is 0 Å². The van der Waals surface area contributed by atoms with Crippen LogP contribution in [0.2, 0.25) is 0 Å². The lowest BCUT2D eigenvalue weighted by Gasteiger charge is -2.33. The van der Waals surface area contributed by atoms with Gasteiger partial charge in [0.05, 0.1) is 18.3 Å². The second kappa shape index (κ2) is 15.1. The Morgan fingerprint density at radius 2 is 1.75 bits per heavy atom. The Hall–Kier alpha value is -3.08. The third kappa shape index (κ3) is 7.99.